The summed E-state index contributed by atoms with van der Waals surface area (Å²) in [4.78, 5) is 47.3. The van der Waals surface area contributed by atoms with Gasteiger partial charge >= 0.3 is 11.9 Å². The van der Waals surface area contributed by atoms with Crippen molar-refractivity contribution in [3.63, 3.8) is 0 Å². The second kappa shape index (κ2) is 13.6. The first-order valence-corrected chi connectivity index (χ1v) is 13.5. The zero-order valence-electron chi connectivity index (χ0n) is 24.4. The number of benzene rings is 4. The van der Waals surface area contributed by atoms with Gasteiger partial charge in [-0.3, -0.25) is 9.59 Å². The minimum Gasteiger partial charge on any atom is -0.488 e. The second-order valence-corrected chi connectivity index (χ2v) is 10.3. The molecule has 4 aromatic rings. The predicted molar refractivity (Wildman–Crippen MR) is 160 cm³/mol. The van der Waals surface area contributed by atoms with E-state index < -0.39 is 17.4 Å². The van der Waals surface area contributed by atoms with E-state index in [2.05, 4.69) is 0 Å². The second-order valence-electron chi connectivity index (χ2n) is 10.3. The summed E-state index contributed by atoms with van der Waals surface area (Å²) >= 11 is 0. The summed E-state index contributed by atoms with van der Waals surface area (Å²) in [6.07, 6.45) is 1.50. The van der Waals surface area contributed by atoms with Crippen LogP contribution >= 0.6 is 0 Å². The summed E-state index contributed by atoms with van der Waals surface area (Å²) < 4.78 is 21.3. The van der Waals surface area contributed by atoms with Crippen molar-refractivity contribution in [3.05, 3.63) is 129 Å². The number of aldehydes is 2. The van der Waals surface area contributed by atoms with Crippen molar-refractivity contribution in [2.24, 2.45) is 0 Å². The lowest BCUT2D eigenvalue weighted by Crippen LogP contribution is -2.20. The fraction of sp³-hybridized carbons (Fsp3) is 0.200. The van der Waals surface area contributed by atoms with Crippen LogP contribution in [0.15, 0.2) is 84.9 Å². The van der Waals surface area contributed by atoms with Crippen molar-refractivity contribution in [3.8, 4) is 11.5 Å². The summed E-state index contributed by atoms with van der Waals surface area (Å²) in [6.45, 7) is 4.44. The molecule has 0 bridgehead atoms. The zero-order chi connectivity index (χ0) is 31.0. The summed E-state index contributed by atoms with van der Waals surface area (Å²) in [5.41, 5.74) is 4.50. The van der Waals surface area contributed by atoms with E-state index in [1.807, 2.05) is 26.0 Å². The van der Waals surface area contributed by atoms with Gasteiger partial charge in [-0.15, -0.1) is 0 Å². The van der Waals surface area contributed by atoms with Gasteiger partial charge in [-0.25, -0.2) is 9.59 Å². The average Bonchev–Trinajstić information content (AvgIpc) is 3.05. The van der Waals surface area contributed by atoms with E-state index in [1.165, 1.54) is 14.2 Å². The van der Waals surface area contributed by atoms with E-state index in [0.29, 0.717) is 33.8 Å². The monoisotopic (exact) mass is 580 g/mol. The summed E-state index contributed by atoms with van der Waals surface area (Å²) in [5, 5.41) is 0. The first-order valence-electron chi connectivity index (χ1n) is 13.5. The van der Waals surface area contributed by atoms with Gasteiger partial charge in [0.15, 0.2) is 12.6 Å². The Morgan fingerprint density at radius 2 is 0.977 bits per heavy atom. The topological polar surface area (TPSA) is 105 Å². The van der Waals surface area contributed by atoms with Crippen molar-refractivity contribution in [1.29, 1.82) is 0 Å². The molecule has 220 valence electrons. The Kier molecular flexibility index (Phi) is 9.72. The Hall–Kier alpha value is -5.24. The number of carbonyl (C=O) groups excluding carboxylic acids is 4. The molecule has 0 aromatic heterocycles. The number of esters is 2. The van der Waals surface area contributed by atoms with Crippen LogP contribution in [0.25, 0.3) is 0 Å². The van der Waals surface area contributed by atoms with Crippen LogP contribution < -0.4 is 9.47 Å². The van der Waals surface area contributed by atoms with Crippen LogP contribution in [0, 0.1) is 0 Å². The van der Waals surface area contributed by atoms with Gasteiger partial charge in [0, 0.05) is 5.41 Å². The Bertz CT molecular complexity index is 1500. The van der Waals surface area contributed by atoms with Crippen molar-refractivity contribution >= 4 is 24.5 Å². The highest BCUT2D eigenvalue weighted by molar-refractivity contribution is 5.89. The lowest BCUT2D eigenvalue weighted by atomic mass is 9.77. The highest BCUT2D eigenvalue weighted by Crippen LogP contribution is 2.36. The molecule has 0 saturated heterocycles. The van der Waals surface area contributed by atoms with Gasteiger partial charge in [0.25, 0.3) is 0 Å². The van der Waals surface area contributed by atoms with Gasteiger partial charge in [-0.05, 0) is 70.8 Å². The highest BCUT2D eigenvalue weighted by Gasteiger charge is 2.25. The molecular weight excluding hydrogens is 548 g/mol. The van der Waals surface area contributed by atoms with Gasteiger partial charge in [-0.2, -0.15) is 0 Å². The van der Waals surface area contributed by atoms with E-state index in [1.54, 1.807) is 72.8 Å². The highest BCUT2D eigenvalue weighted by atomic mass is 16.5. The third kappa shape index (κ3) is 7.16. The van der Waals surface area contributed by atoms with Crippen molar-refractivity contribution in [1.82, 2.24) is 0 Å². The molecule has 0 saturated carbocycles. The first-order chi connectivity index (χ1) is 20.7. The average molecular weight is 581 g/mol. The predicted octanol–water partition coefficient (Wildman–Crippen LogP) is 6.37. The molecule has 0 amide bonds. The number of ether oxygens (including phenoxy) is 4. The van der Waals surface area contributed by atoms with Crippen molar-refractivity contribution in [2.75, 3.05) is 14.2 Å². The van der Waals surface area contributed by atoms with Crippen LogP contribution in [-0.4, -0.2) is 38.7 Å². The molecule has 4 rings (SSSR count). The molecule has 0 spiro atoms. The molecule has 4 aromatic carbocycles. The van der Waals surface area contributed by atoms with E-state index in [4.69, 9.17) is 18.9 Å². The van der Waals surface area contributed by atoms with E-state index in [-0.39, 0.29) is 13.2 Å². The number of hydrogen-bond donors (Lipinski definition) is 0. The largest absolute Gasteiger partial charge is 0.488 e. The standard InChI is InChI=1S/C35H32O8/c1-35(2,29-13-15-31(27(17-29)19-36)42-21-23-5-9-25(10-6-23)33(38)40-3)30-14-16-32(28(18-30)20-37)43-22-24-7-11-26(12-8-24)34(39)41-4/h5-20H,21-22H2,1-4H3. The Balaban J connectivity index is 1.47. The molecule has 0 fully saturated rings. The lowest BCUT2D eigenvalue weighted by Gasteiger charge is -2.27. The third-order valence-corrected chi connectivity index (χ3v) is 7.26. The maximum Gasteiger partial charge on any atom is 0.337 e. The SMILES string of the molecule is COC(=O)c1ccc(COc2ccc(C(C)(C)c3ccc(OCc4ccc(C(=O)OC)cc4)c(C=O)c3)cc2C=O)cc1. The Morgan fingerprint density at radius 3 is 1.30 bits per heavy atom. The maximum atomic E-state index is 12.0. The Morgan fingerprint density at radius 1 is 0.605 bits per heavy atom. The molecule has 0 aliphatic heterocycles. The first kappa shape index (κ1) is 30.7. The summed E-state index contributed by atoms with van der Waals surface area (Å²) in [6, 6.07) is 24.6. The number of methoxy groups -OCH3 is 2. The molecule has 43 heavy (non-hydrogen) atoms. The molecule has 8 nitrogen and oxygen atoms in total. The van der Waals surface area contributed by atoms with Crippen LogP contribution in [0.3, 0.4) is 0 Å². The van der Waals surface area contributed by atoms with Gasteiger partial charge in [0.1, 0.15) is 24.7 Å². The van der Waals surface area contributed by atoms with Crippen molar-refractivity contribution < 1.29 is 38.1 Å². The van der Waals surface area contributed by atoms with E-state index >= 15 is 0 Å². The fourth-order valence-corrected chi connectivity index (χ4v) is 4.52. The molecule has 0 aliphatic carbocycles. The van der Waals surface area contributed by atoms with Crippen LogP contribution in [0.1, 0.15) is 77.5 Å². The van der Waals surface area contributed by atoms with Crippen LogP contribution in [0.5, 0.6) is 11.5 Å². The molecular formula is C35H32O8. The molecule has 0 N–H and O–H groups in total. The maximum absolute atomic E-state index is 12.0. The summed E-state index contributed by atoms with van der Waals surface area (Å²) in [5.74, 6) is 0.0348. The number of rotatable bonds is 12. The molecule has 0 unspecified atom stereocenters. The molecule has 8 heteroatoms. The normalized spacial score (nSPS) is 10.9. The molecule has 0 atom stereocenters. The van der Waals surface area contributed by atoms with Crippen LogP contribution in [0.4, 0.5) is 0 Å². The number of carbonyl (C=O) groups is 4. The van der Waals surface area contributed by atoms with E-state index in [9.17, 15) is 19.2 Å². The minimum absolute atomic E-state index is 0.213. The quantitative estimate of drug-likeness (QED) is 0.141. The van der Waals surface area contributed by atoms with E-state index in [0.717, 1.165) is 34.8 Å². The minimum atomic E-state index is -0.556. The number of hydrogen-bond acceptors (Lipinski definition) is 8. The van der Waals surface area contributed by atoms with Crippen molar-refractivity contribution in [2.45, 2.75) is 32.5 Å². The van der Waals surface area contributed by atoms with Crippen LogP contribution in [0.2, 0.25) is 0 Å². The van der Waals surface area contributed by atoms with Gasteiger partial charge in [-0.1, -0.05) is 50.2 Å². The fourth-order valence-electron chi connectivity index (χ4n) is 4.52. The Labute approximate surface area is 250 Å². The van der Waals surface area contributed by atoms with Gasteiger partial charge in [0.05, 0.1) is 36.5 Å². The lowest BCUT2D eigenvalue weighted by molar-refractivity contribution is 0.0592. The zero-order valence-corrected chi connectivity index (χ0v) is 24.4. The molecule has 0 radical (unpaired) electrons. The smallest absolute Gasteiger partial charge is 0.337 e. The van der Waals surface area contributed by atoms with Gasteiger partial charge < -0.3 is 18.9 Å². The third-order valence-electron chi connectivity index (χ3n) is 7.26. The molecule has 0 aliphatic rings. The molecule has 0 heterocycles. The summed E-state index contributed by atoms with van der Waals surface area (Å²) in [7, 11) is 2.66. The van der Waals surface area contributed by atoms with Gasteiger partial charge in [0.2, 0.25) is 0 Å². The van der Waals surface area contributed by atoms with Crippen LogP contribution in [-0.2, 0) is 28.1 Å².